The lowest BCUT2D eigenvalue weighted by Crippen LogP contribution is -2.44. The van der Waals surface area contributed by atoms with Gasteiger partial charge in [0.25, 0.3) is 0 Å². The molecule has 1 heterocycles. The third kappa shape index (κ3) is 9.04. The lowest BCUT2D eigenvalue weighted by molar-refractivity contribution is -0.192. The van der Waals surface area contributed by atoms with Crippen LogP contribution in [0, 0.1) is 5.92 Å². The van der Waals surface area contributed by atoms with Gasteiger partial charge in [-0.25, -0.2) is 13.2 Å². The topological polar surface area (TPSA) is 104 Å². The van der Waals surface area contributed by atoms with Crippen LogP contribution in [0.2, 0.25) is 0 Å². The molecule has 7 nitrogen and oxygen atoms in total. The summed E-state index contributed by atoms with van der Waals surface area (Å²) in [6.45, 7) is 3.30. The van der Waals surface area contributed by atoms with Gasteiger partial charge < -0.3 is 19.8 Å². The van der Waals surface area contributed by atoms with Crippen molar-refractivity contribution in [3.8, 4) is 5.75 Å². The number of rotatable bonds is 9. The van der Waals surface area contributed by atoms with Crippen molar-refractivity contribution in [1.29, 1.82) is 0 Å². The molecule has 1 saturated heterocycles. The van der Waals surface area contributed by atoms with Crippen molar-refractivity contribution in [2.45, 2.75) is 35.9 Å². The van der Waals surface area contributed by atoms with Crippen LogP contribution >= 0.6 is 0 Å². The maximum atomic E-state index is 12.0. The number of hydrogen-bond donors (Lipinski definition) is 2. The average molecular weight is 594 g/mol. The van der Waals surface area contributed by atoms with E-state index in [4.69, 9.17) is 14.6 Å². The Morgan fingerprint density at radius 1 is 0.927 bits per heavy atom. The van der Waals surface area contributed by atoms with Crippen LogP contribution in [0.25, 0.3) is 0 Å². The predicted molar refractivity (Wildman–Crippen MR) is 148 cm³/mol. The molecular formula is C30H34F3NO6S. The molecule has 0 unspecified atom stereocenters. The van der Waals surface area contributed by atoms with Crippen LogP contribution < -0.4 is 4.74 Å². The highest BCUT2D eigenvalue weighted by atomic mass is 32.2. The molecule has 11 heteroatoms. The van der Waals surface area contributed by atoms with Crippen molar-refractivity contribution in [2.75, 3.05) is 32.5 Å². The second-order valence-corrected chi connectivity index (χ2v) is 11.9. The highest BCUT2D eigenvalue weighted by Crippen LogP contribution is 2.41. The van der Waals surface area contributed by atoms with Crippen molar-refractivity contribution < 1.29 is 41.3 Å². The molecule has 1 aliphatic rings. The van der Waals surface area contributed by atoms with E-state index in [0.717, 1.165) is 50.0 Å². The smallest absolute Gasteiger partial charge is 0.490 e. The first kappa shape index (κ1) is 32.1. The van der Waals surface area contributed by atoms with Crippen LogP contribution in [0.1, 0.15) is 30.4 Å². The van der Waals surface area contributed by atoms with Gasteiger partial charge in [0.1, 0.15) is 11.4 Å². The molecule has 2 N–H and O–H groups in total. The second-order valence-electron chi connectivity index (χ2n) is 9.87. The quantitative estimate of drug-likeness (QED) is 0.331. The van der Waals surface area contributed by atoms with Gasteiger partial charge in [0.2, 0.25) is 0 Å². The molecule has 222 valence electrons. The van der Waals surface area contributed by atoms with E-state index < -0.39 is 27.6 Å². The highest BCUT2D eigenvalue weighted by molar-refractivity contribution is 7.90. The minimum atomic E-state index is -5.08. The van der Waals surface area contributed by atoms with E-state index in [9.17, 15) is 26.7 Å². The van der Waals surface area contributed by atoms with E-state index in [2.05, 4.69) is 4.90 Å². The van der Waals surface area contributed by atoms with Crippen LogP contribution in [0.5, 0.6) is 5.75 Å². The Morgan fingerprint density at radius 2 is 1.44 bits per heavy atom. The Labute approximate surface area is 238 Å². The first-order chi connectivity index (χ1) is 19.3. The minimum Gasteiger partial charge on any atom is -0.494 e. The zero-order valence-electron chi connectivity index (χ0n) is 22.6. The summed E-state index contributed by atoms with van der Waals surface area (Å²) in [5, 5.41) is 19.1. The molecule has 0 radical (unpaired) electrons. The van der Waals surface area contributed by atoms with Gasteiger partial charge in [0.05, 0.1) is 11.5 Å². The van der Waals surface area contributed by atoms with E-state index >= 15 is 0 Å². The number of hydrogen-bond acceptors (Lipinski definition) is 6. The normalized spacial score (nSPS) is 15.0. The average Bonchev–Trinajstić information content (AvgIpc) is 2.96. The van der Waals surface area contributed by atoms with Crippen molar-refractivity contribution in [3.63, 3.8) is 0 Å². The number of aliphatic hydroxyl groups is 1. The van der Waals surface area contributed by atoms with Gasteiger partial charge in [0.15, 0.2) is 9.84 Å². The molecule has 3 aromatic carbocycles. The van der Waals surface area contributed by atoms with E-state index in [1.807, 2.05) is 60.7 Å². The number of halogens is 3. The number of piperidine rings is 1. The first-order valence-corrected chi connectivity index (χ1v) is 15.0. The fraction of sp³-hybridized carbons (Fsp3) is 0.367. The zero-order valence-corrected chi connectivity index (χ0v) is 23.4. The van der Waals surface area contributed by atoms with E-state index in [1.54, 1.807) is 24.3 Å². The highest BCUT2D eigenvalue weighted by Gasteiger charge is 2.41. The third-order valence-corrected chi connectivity index (χ3v) is 8.08. The van der Waals surface area contributed by atoms with Gasteiger partial charge in [-0.3, -0.25) is 0 Å². The van der Waals surface area contributed by atoms with Crippen molar-refractivity contribution in [3.05, 3.63) is 96.1 Å². The summed E-state index contributed by atoms with van der Waals surface area (Å²) >= 11 is 0. The largest absolute Gasteiger partial charge is 0.494 e. The number of alkyl halides is 3. The molecule has 4 rings (SSSR count). The number of sulfone groups is 1. The van der Waals surface area contributed by atoms with E-state index in [1.165, 1.54) is 6.26 Å². The minimum absolute atomic E-state index is 0.142. The molecule has 0 bridgehead atoms. The number of benzene rings is 3. The number of likely N-dealkylation sites (tertiary alicyclic amines) is 1. The maximum absolute atomic E-state index is 12.0. The lowest BCUT2D eigenvalue weighted by Gasteiger charge is -2.42. The molecule has 3 aromatic rings. The van der Waals surface area contributed by atoms with Crippen molar-refractivity contribution in [1.82, 2.24) is 4.90 Å². The Bertz CT molecular complexity index is 1320. The van der Waals surface area contributed by atoms with Gasteiger partial charge in [0, 0.05) is 12.8 Å². The number of carboxylic acid groups (broad SMARTS) is 1. The second kappa shape index (κ2) is 14.0. The fourth-order valence-corrected chi connectivity index (χ4v) is 5.53. The number of carboxylic acids is 1. The van der Waals surface area contributed by atoms with Crippen molar-refractivity contribution in [2.24, 2.45) is 5.92 Å². The summed E-state index contributed by atoms with van der Waals surface area (Å²) in [6, 6.07) is 26.7. The van der Waals surface area contributed by atoms with Crippen LogP contribution in [0.4, 0.5) is 13.2 Å². The summed E-state index contributed by atoms with van der Waals surface area (Å²) in [4.78, 5) is 11.6. The number of ether oxygens (including phenoxy) is 1. The van der Waals surface area contributed by atoms with Crippen LogP contribution in [-0.4, -0.2) is 68.2 Å². The molecule has 0 aromatic heterocycles. The molecule has 1 aliphatic heterocycles. The third-order valence-electron chi connectivity index (χ3n) is 6.97. The van der Waals surface area contributed by atoms with Gasteiger partial charge in [-0.2, -0.15) is 13.2 Å². The number of aliphatic carboxylic acids is 1. The SMILES string of the molecule is CS(=O)(=O)c1cccc(OCCCN2CCC(C(O)(c3ccccc3)c3ccccc3)CC2)c1.O=C(O)C(F)(F)F. The Hall–Kier alpha value is -3.41. The molecular weight excluding hydrogens is 559 g/mol. The zero-order chi connectivity index (χ0) is 30.1. The maximum Gasteiger partial charge on any atom is 0.490 e. The van der Waals surface area contributed by atoms with E-state index in [0.29, 0.717) is 12.4 Å². The van der Waals surface area contributed by atoms with Crippen LogP contribution in [0.3, 0.4) is 0 Å². The van der Waals surface area contributed by atoms with E-state index in [-0.39, 0.29) is 10.8 Å². The van der Waals surface area contributed by atoms with Crippen LogP contribution in [-0.2, 0) is 20.2 Å². The van der Waals surface area contributed by atoms with Gasteiger partial charge in [-0.15, -0.1) is 0 Å². The Balaban J connectivity index is 0.000000587. The lowest BCUT2D eigenvalue weighted by atomic mass is 9.72. The first-order valence-electron chi connectivity index (χ1n) is 13.1. The summed E-state index contributed by atoms with van der Waals surface area (Å²) in [5.41, 5.74) is 0.899. The Morgan fingerprint density at radius 3 is 1.90 bits per heavy atom. The molecule has 0 saturated carbocycles. The number of nitrogens with zero attached hydrogens (tertiary/aromatic N) is 1. The molecule has 0 amide bonds. The fourth-order valence-electron chi connectivity index (χ4n) is 4.87. The molecule has 0 spiro atoms. The van der Waals surface area contributed by atoms with Gasteiger partial charge in [-0.05, 0) is 67.6 Å². The predicted octanol–water partition coefficient (Wildman–Crippen LogP) is 5.14. The molecule has 0 atom stereocenters. The monoisotopic (exact) mass is 593 g/mol. The molecule has 0 aliphatic carbocycles. The summed E-state index contributed by atoms with van der Waals surface area (Å²) in [5.74, 6) is -2.03. The standard InChI is InChI=1S/C28H33NO4S.C2HF3O2/c1-34(31,32)27-15-8-14-26(22-27)33-21-9-18-29-19-16-25(17-20-29)28(30,23-10-4-2-5-11-23)24-12-6-3-7-13-24;3-2(4,5)1(6)7/h2-8,10-15,22,25,30H,9,16-21H2,1H3;(H,6,7). The van der Waals surface area contributed by atoms with Crippen LogP contribution in [0.15, 0.2) is 89.8 Å². The summed E-state index contributed by atoms with van der Waals surface area (Å²) in [6.07, 6.45) is -1.20. The van der Waals surface area contributed by atoms with Gasteiger partial charge >= 0.3 is 12.1 Å². The molecule has 1 fully saturated rings. The Kier molecular flexibility index (Phi) is 10.9. The summed E-state index contributed by atoms with van der Waals surface area (Å²) < 4.78 is 61.0. The molecule has 41 heavy (non-hydrogen) atoms. The van der Waals surface area contributed by atoms with Crippen molar-refractivity contribution >= 4 is 15.8 Å². The number of carbonyl (C=O) groups is 1. The van der Waals surface area contributed by atoms with Gasteiger partial charge in [-0.1, -0.05) is 66.7 Å². The summed E-state index contributed by atoms with van der Waals surface area (Å²) in [7, 11) is -3.24.